The largest absolute Gasteiger partial charge is 0.328 e. The fraction of sp³-hybridized carbons (Fsp3) is 0.286. The van der Waals surface area contributed by atoms with Gasteiger partial charge in [0.1, 0.15) is 11.6 Å². The van der Waals surface area contributed by atoms with Crippen LogP contribution in [0.25, 0.3) is 44.6 Å². The Bertz CT molecular complexity index is 1940. The molecule has 0 spiro atoms. The molecule has 210 valence electrons. The molecule has 0 radical (unpaired) electrons. The maximum Gasteiger partial charge on any atom is 0.264 e. The van der Waals surface area contributed by atoms with Crippen LogP contribution < -0.4 is 0 Å². The summed E-state index contributed by atoms with van der Waals surface area (Å²) in [5, 5.41) is 0. The van der Waals surface area contributed by atoms with Crippen LogP contribution in [0.3, 0.4) is 0 Å². The second-order valence-electron chi connectivity index (χ2n) is 9.95. The van der Waals surface area contributed by atoms with Crippen molar-refractivity contribution in [1.82, 2.24) is 19.1 Å². The molecule has 0 atom stereocenters. The Balaban J connectivity index is 1.51. The molecule has 0 aliphatic rings. The van der Waals surface area contributed by atoms with Gasteiger partial charge in [-0.05, 0) is 68.1 Å². The van der Waals surface area contributed by atoms with Crippen LogP contribution >= 0.6 is 0 Å². The third-order valence-electron chi connectivity index (χ3n) is 6.86. The maximum atomic E-state index is 11.3. The lowest BCUT2D eigenvalue weighted by Crippen LogP contribution is -2.09. The Morgan fingerprint density at radius 2 is 1.23 bits per heavy atom. The summed E-state index contributed by atoms with van der Waals surface area (Å²) in [5.41, 5.74) is 7.14. The van der Waals surface area contributed by atoms with Crippen LogP contribution in [0.15, 0.2) is 60.7 Å². The summed E-state index contributed by atoms with van der Waals surface area (Å²) in [4.78, 5) is 9.58. The Labute approximate surface area is 232 Å². The first kappa shape index (κ1) is 28.0. The molecule has 40 heavy (non-hydrogen) atoms. The number of rotatable bonds is 10. The van der Waals surface area contributed by atoms with Crippen LogP contribution in [0.5, 0.6) is 0 Å². The van der Waals surface area contributed by atoms with Gasteiger partial charge < -0.3 is 9.13 Å². The number of aryl methyl sites for hydroxylation is 4. The predicted molar refractivity (Wildman–Crippen MR) is 155 cm³/mol. The fourth-order valence-electron chi connectivity index (χ4n) is 5.06. The molecule has 2 heterocycles. The van der Waals surface area contributed by atoms with Gasteiger partial charge in [0.05, 0.1) is 33.6 Å². The van der Waals surface area contributed by atoms with Crippen LogP contribution in [0, 0.1) is 13.8 Å². The predicted octanol–water partition coefficient (Wildman–Crippen LogP) is 4.89. The molecule has 0 bridgehead atoms. The molecule has 3 aromatic carbocycles. The summed E-state index contributed by atoms with van der Waals surface area (Å²) in [7, 11) is -8.09. The average molecular weight is 583 g/mol. The smallest absolute Gasteiger partial charge is 0.264 e. The van der Waals surface area contributed by atoms with Crippen molar-refractivity contribution < 1.29 is 25.9 Å². The fourth-order valence-corrected chi connectivity index (χ4v) is 6.05. The van der Waals surface area contributed by atoms with Gasteiger partial charge in [0, 0.05) is 18.7 Å². The number of fused-ring (bicyclic) bond motifs is 2. The molecule has 10 nitrogen and oxygen atoms in total. The molecule has 0 unspecified atom stereocenters. The zero-order valence-corrected chi connectivity index (χ0v) is 23.8. The van der Waals surface area contributed by atoms with Gasteiger partial charge in [0.15, 0.2) is 0 Å². The van der Waals surface area contributed by atoms with Gasteiger partial charge in [-0.25, -0.2) is 9.97 Å². The van der Waals surface area contributed by atoms with Gasteiger partial charge in [-0.2, -0.15) is 16.8 Å². The molecule has 0 aliphatic heterocycles. The molecule has 5 rings (SSSR count). The molecule has 0 saturated heterocycles. The van der Waals surface area contributed by atoms with E-state index < -0.39 is 20.2 Å². The third kappa shape index (κ3) is 6.25. The van der Waals surface area contributed by atoms with Crippen molar-refractivity contribution in [2.75, 3.05) is 11.5 Å². The number of hydrogen-bond donors (Lipinski definition) is 2. The first-order chi connectivity index (χ1) is 18.9. The third-order valence-corrected chi connectivity index (χ3v) is 8.47. The molecule has 12 heteroatoms. The number of nitrogens with zero attached hydrogens (tertiary/aromatic N) is 4. The Morgan fingerprint density at radius 3 is 1.80 bits per heavy atom. The van der Waals surface area contributed by atoms with E-state index in [0.29, 0.717) is 13.1 Å². The second-order valence-corrected chi connectivity index (χ2v) is 13.1. The number of imidazole rings is 2. The maximum absolute atomic E-state index is 11.3. The van der Waals surface area contributed by atoms with Crippen molar-refractivity contribution in [3.63, 3.8) is 0 Å². The van der Waals surface area contributed by atoms with E-state index in [9.17, 15) is 21.4 Å². The molecule has 0 fully saturated rings. The van der Waals surface area contributed by atoms with Crippen LogP contribution in [0.1, 0.15) is 24.2 Å². The minimum Gasteiger partial charge on any atom is -0.328 e. The minimum atomic E-state index is -4.07. The van der Waals surface area contributed by atoms with E-state index in [0.717, 1.165) is 56.0 Å². The van der Waals surface area contributed by atoms with Crippen LogP contribution in [-0.4, -0.2) is 56.5 Å². The van der Waals surface area contributed by atoms with E-state index in [4.69, 9.17) is 9.54 Å². The zero-order chi connectivity index (χ0) is 28.7. The zero-order valence-electron chi connectivity index (χ0n) is 22.1. The molecule has 0 amide bonds. The average Bonchev–Trinajstić information content (AvgIpc) is 3.38. The highest BCUT2D eigenvalue weighted by molar-refractivity contribution is 7.86. The van der Waals surface area contributed by atoms with Crippen molar-refractivity contribution in [3.05, 3.63) is 72.1 Å². The summed E-state index contributed by atoms with van der Waals surface area (Å²) >= 11 is 0. The molecular formula is C28H30N4O6S2. The molecule has 5 aromatic rings. The van der Waals surface area contributed by atoms with Crippen molar-refractivity contribution in [1.29, 1.82) is 0 Å². The lowest BCUT2D eigenvalue weighted by molar-refractivity contribution is 0.476. The highest BCUT2D eigenvalue weighted by Crippen LogP contribution is 2.31. The highest BCUT2D eigenvalue weighted by Gasteiger charge is 2.16. The SMILES string of the molecule is Cc1cccc(-c2nc3cc(-c4ccc5c(c4)nc(C)n5CCCS(=O)(=O)O)ccc3n2CCCS(=O)(=O)O)c1. The highest BCUT2D eigenvalue weighted by atomic mass is 32.2. The molecule has 2 N–H and O–H groups in total. The summed E-state index contributed by atoms with van der Waals surface area (Å²) in [6, 6.07) is 19.8. The van der Waals surface area contributed by atoms with Crippen molar-refractivity contribution in [3.8, 4) is 22.5 Å². The van der Waals surface area contributed by atoms with Gasteiger partial charge in [-0.15, -0.1) is 0 Å². The van der Waals surface area contributed by atoms with Gasteiger partial charge in [-0.3, -0.25) is 9.11 Å². The lowest BCUT2D eigenvalue weighted by atomic mass is 10.0. The van der Waals surface area contributed by atoms with Crippen LogP contribution in [0.2, 0.25) is 0 Å². The number of benzene rings is 3. The summed E-state index contributed by atoms with van der Waals surface area (Å²) in [6.07, 6.45) is 0.521. The first-order valence-electron chi connectivity index (χ1n) is 12.8. The topological polar surface area (TPSA) is 144 Å². The van der Waals surface area contributed by atoms with E-state index >= 15 is 0 Å². The van der Waals surface area contributed by atoms with Gasteiger partial charge in [-0.1, -0.05) is 35.9 Å². The van der Waals surface area contributed by atoms with Crippen LogP contribution in [-0.2, 0) is 33.3 Å². The second kappa shape index (κ2) is 10.8. The summed E-state index contributed by atoms with van der Waals surface area (Å²) < 4.78 is 67.0. The minimum absolute atomic E-state index is 0.244. The standard InChI is InChI=1S/C28H30N4O6S2/c1-19-6-3-7-23(16-19)28-30-25-18-22(9-11-27(25)32(28)13-5-15-40(36,37)38)21-8-10-26-24(17-21)29-20(2)31(26)12-4-14-39(33,34)35/h3,6-11,16-18H,4-5,12-15H2,1-2H3,(H,33,34,35)(H,36,37,38). The van der Waals surface area contributed by atoms with Crippen molar-refractivity contribution >= 4 is 42.3 Å². The monoisotopic (exact) mass is 582 g/mol. The van der Waals surface area contributed by atoms with Gasteiger partial charge >= 0.3 is 0 Å². The molecule has 2 aromatic heterocycles. The van der Waals surface area contributed by atoms with Gasteiger partial charge in [0.2, 0.25) is 0 Å². The number of aromatic nitrogens is 4. The Hall–Kier alpha value is -3.58. The quantitative estimate of drug-likeness (QED) is 0.221. The van der Waals surface area contributed by atoms with E-state index in [1.54, 1.807) is 0 Å². The molecular weight excluding hydrogens is 552 g/mol. The van der Waals surface area contributed by atoms with Crippen molar-refractivity contribution in [2.24, 2.45) is 0 Å². The van der Waals surface area contributed by atoms with E-state index in [-0.39, 0.29) is 24.3 Å². The molecule has 0 aliphatic carbocycles. The normalized spacial score (nSPS) is 12.5. The Kier molecular flexibility index (Phi) is 7.53. The van der Waals surface area contributed by atoms with Crippen molar-refractivity contribution in [2.45, 2.75) is 39.8 Å². The molecule has 0 saturated carbocycles. The first-order valence-corrected chi connectivity index (χ1v) is 16.0. The van der Waals surface area contributed by atoms with E-state index in [1.165, 1.54) is 0 Å². The van der Waals surface area contributed by atoms with Crippen LogP contribution in [0.4, 0.5) is 0 Å². The van der Waals surface area contributed by atoms with Gasteiger partial charge in [0.25, 0.3) is 20.2 Å². The summed E-state index contributed by atoms with van der Waals surface area (Å²) in [5.74, 6) is 0.835. The van der Waals surface area contributed by atoms with E-state index in [2.05, 4.69) is 4.98 Å². The number of hydrogen-bond acceptors (Lipinski definition) is 6. The summed E-state index contributed by atoms with van der Waals surface area (Å²) in [6.45, 7) is 4.66. The lowest BCUT2D eigenvalue weighted by Gasteiger charge is -2.10. The van der Waals surface area contributed by atoms with E-state index in [1.807, 2.05) is 83.6 Å². The Morgan fingerprint density at radius 1 is 0.675 bits per heavy atom.